The molecule has 0 radical (unpaired) electrons. The summed E-state index contributed by atoms with van der Waals surface area (Å²) < 4.78 is 22.7. The second-order valence-corrected chi connectivity index (χ2v) is 8.63. The maximum Gasteiger partial charge on any atom is 0.305 e. The van der Waals surface area contributed by atoms with Gasteiger partial charge >= 0.3 is 5.97 Å². The number of carbonyl (C=O) groups excluding carboxylic acids is 1. The van der Waals surface area contributed by atoms with E-state index < -0.39 is 0 Å². The number of furan rings is 1. The Balaban J connectivity index is 1.65. The van der Waals surface area contributed by atoms with E-state index in [1.807, 2.05) is 68.6 Å². The zero-order valence-corrected chi connectivity index (χ0v) is 21.1. The molecule has 1 unspecified atom stereocenters. The predicted molar refractivity (Wildman–Crippen MR) is 138 cm³/mol. The fourth-order valence-electron chi connectivity index (χ4n) is 4.18. The Morgan fingerprint density at radius 2 is 1.78 bits per heavy atom. The van der Waals surface area contributed by atoms with Gasteiger partial charge in [-0.15, -0.1) is 0 Å². The Bertz CT molecular complexity index is 1290. The van der Waals surface area contributed by atoms with Crippen LogP contribution >= 0.6 is 0 Å². The third-order valence-electron chi connectivity index (χ3n) is 5.90. The van der Waals surface area contributed by atoms with E-state index in [4.69, 9.17) is 18.6 Å². The zero-order valence-electron chi connectivity index (χ0n) is 21.1. The standard InChI is InChI=1S/C28H31N3O5/c1-19(17-31(2)16-8-11-23(32)34-4)35-27-25-24(20-12-14-22(33-3)15-13-20)26(21-9-6-5-7-10-21)36-28(25)30-18-29-27/h5-7,9-10,12-15,18-19H,8,11,16-17H2,1-4H3. The number of benzene rings is 2. The monoisotopic (exact) mass is 489 g/mol. The molecule has 4 aromatic rings. The average Bonchev–Trinajstić information content (AvgIpc) is 3.29. The van der Waals surface area contributed by atoms with Gasteiger partial charge < -0.3 is 23.5 Å². The van der Waals surface area contributed by atoms with Crippen molar-refractivity contribution in [2.24, 2.45) is 0 Å². The smallest absolute Gasteiger partial charge is 0.305 e. The first-order valence-electron chi connectivity index (χ1n) is 11.9. The van der Waals surface area contributed by atoms with Gasteiger partial charge in [0.1, 0.15) is 29.3 Å². The molecule has 0 fully saturated rings. The molecule has 36 heavy (non-hydrogen) atoms. The number of carbonyl (C=O) groups is 1. The van der Waals surface area contributed by atoms with E-state index in [1.54, 1.807) is 7.11 Å². The molecule has 0 saturated heterocycles. The average molecular weight is 490 g/mol. The largest absolute Gasteiger partial charge is 0.497 e. The van der Waals surface area contributed by atoms with Crippen LogP contribution in [0.1, 0.15) is 19.8 Å². The van der Waals surface area contributed by atoms with Crippen molar-refractivity contribution in [3.8, 4) is 34.1 Å². The van der Waals surface area contributed by atoms with Crippen molar-refractivity contribution in [3.05, 3.63) is 60.9 Å². The number of methoxy groups -OCH3 is 2. The van der Waals surface area contributed by atoms with Crippen LogP contribution in [-0.4, -0.2) is 61.3 Å². The molecule has 8 nitrogen and oxygen atoms in total. The molecule has 2 aromatic carbocycles. The highest BCUT2D eigenvalue weighted by molar-refractivity contribution is 6.03. The molecule has 2 heterocycles. The number of nitrogens with zero attached hydrogens (tertiary/aromatic N) is 3. The third-order valence-corrected chi connectivity index (χ3v) is 5.90. The molecule has 0 aliphatic heterocycles. The van der Waals surface area contributed by atoms with Gasteiger partial charge in [0.15, 0.2) is 0 Å². The summed E-state index contributed by atoms with van der Waals surface area (Å²) in [6.07, 6.45) is 2.41. The van der Waals surface area contributed by atoms with E-state index in [-0.39, 0.29) is 12.1 Å². The van der Waals surface area contributed by atoms with E-state index in [2.05, 4.69) is 14.9 Å². The van der Waals surface area contributed by atoms with Gasteiger partial charge in [0, 0.05) is 24.1 Å². The van der Waals surface area contributed by atoms with Crippen LogP contribution in [-0.2, 0) is 9.53 Å². The first-order valence-corrected chi connectivity index (χ1v) is 11.9. The Morgan fingerprint density at radius 1 is 1.03 bits per heavy atom. The fraction of sp³-hybridized carbons (Fsp3) is 0.321. The minimum Gasteiger partial charge on any atom is -0.497 e. The third kappa shape index (κ3) is 5.83. The summed E-state index contributed by atoms with van der Waals surface area (Å²) >= 11 is 0. The van der Waals surface area contributed by atoms with Crippen LogP contribution in [0, 0.1) is 0 Å². The van der Waals surface area contributed by atoms with Gasteiger partial charge in [0.25, 0.3) is 0 Å². The first kappa shape index (κ1) is 25.2. The quantitative estimate of drug-likeness (QED) is 0.265. The van der Waals surface area contributed by atoms with E-state index in [0.717, 1.165) is 40.8 Å². The molecule has 0 amide bonds. The summed E-state index contributed by atoms with van der Waals surface area (Å²) in [6.45, 7) is 3.41. The molecule has 1 atom stereocenters. The van der Waals surface area contributed by atoms with Crippen LogP contribution < -0.4 is 9.47 Å². The lowest BCUT2D eigenvalue weighted by molar-refractivity contribution is -0.140. The topological polar surface area (TPSA) is 86.9 Å². The summed E-state index contributed by atoms with van der Waals surface area (Å²) in [5.74, 6) is 1.74. The Hall–Kier alpha value is -3.91. The number of ether oxygens (including phenoxy) is 3. The Labute approximate surface area is 210 Å². The van der Waals surface area contributed by atoms with Crippen LogP contribution in [0.4, 0.5) is 0 Å². The Morgan fingerprint density at radius 3 is 2.47 bits per heavy atom. The van der Waals surface area contributed by atoms with Gasteiger partial charge in [-0.3, -0.25) is 4.79 Å². The van der Waals surface area contributed by atoms with Gasteiger partial charge in [-0.2, -0.15) is 0 Å². The zero-order chi connectivity index (χ0) is 25.5. The van der Waals surface area contributed by atoms with Crippen LogP contribution in [0.25, 0.3) is 33.6 Å². The van der Waals surface area contributed by atoms with Crippen molar-refractivity contribution in [1.82, 2.24) is 14.9 Å². The molecule has 2 aromatic heterocycles. The molecular formula is C28H31N3O5. The molecule has 0 aliphatic rings. The lowest BCUT2D eigenvalue weighted by Gasteiger charge is -2.22. The number of hydrogen-bond acceptors (Lipinski definition) is 8. The van der Waals surface area contributed by atoms with E-state index in [1.165, 1.54) is 13.4 Å². The van der Waals surface area contributed by atoms with Crippen LogP contribution in [0.3, 0.4) is 0 Å². The number of hydrogen-bond donors (Lipinski definition) is 0. The molecule has 0 saturated carbocycles. The summed E-state index contributed by atoms with van der Waals surface area (Å²) in [5.41, 5.74) is 3.21. The van der Waals surface area contributed by atoms with Gasteiger partial charge in [0.2, 0.25) is 11.6 Å². The lowest BCUT2D eigenvalue weighted by atomic mass is 9.99. The summed E-state index contributed by atoms with van der Waals surface area (Å²) in [4.78, 5) is 22.4. The second kappa shape index (κ2) is 11.7. The highest BCUT2D eigenvalue weighted by Gasteiger charge is 2.24. The van der Waals surface area contributed by atoms with Crippen molar-refractivity contribution in [2.75, 3.05) is 34.4 Å². The molecule has 4 rings (SSSR count). The number of rotatable bonds is 11. The number of esters is 1. The number of likely N-dealkylation sites (N-methyl/N-ethyl adjacent to an activating group) is 1. The van der Waals surface area contributed by atoms with Crippen molar-refractivity contribution >= 4 is 17.1 Å². The SMILES string of the molecule is COC(=O)CCCN(C)CC(C)Oc1ncnc2oc(-c3ccccc3)c(-c3ccc(OC)cc3)c12. The predicted octanol–water partition coefficient (Wildman–Crippen LogP) is 5.22. The number of aromatic nitrogens is 2. The molecule has 188 valence electrons. The van der Waals surface area contributed by atoms with Crippen LogP contribution in [0.15, 0.2) is 65.3 Å². The Kier molecular flexibility index (Phi) is 8.17. The lowest BCUT2D eigenvalue weighted by Crippen LogP contribution is -2.32. The molecular weight excluding hydrogens is 458 g/mol. The molecule has 8 heteroatoms. The van der Waals surface area contributed by atoms with Gasteiger partial charge in [0.05, 0.1) is 14.2 Å². The maximum absolute atomic E-state index is 11.4. The highest BCUT2D eigenvalue weighted by atomic mass is 16.5. The minimum absolute atomic E-state index is 0.162. The van der Waals surface area contributed by atoms with Gasteiger partial charge in [-0.1, -0.05) is 42.5 Å². The second-order valence-electron chi connectivity index (χ2n) is 8.63. The van der Waals surface area contributed by atoms with Crippen molar-refractivity contribution in [1.29, 1.82) is 0 Å². The molecule has 0 aliphatic carbocycles. The van der Waals surface area contributed by atoms with Crippen molar-refractivity contribution in [3.63, 3.8) is 0 Å². The summed E-state index contributed by atoms with van der Waals surface area (Å²) in [7, 11) is 5.05. The van der Waals surface area contributed by atoms with Crippen molar-refractivity contribution < 1.29 is 23.4 Å². The summed E-state index contributed by atoms with van der Waals surface area (Å²) in [6, 6.07) is 17.7. The van der Waals surface area contributed by atoms with Crippen LogP contribution in [0.2, 0.25) is 0 Å². The highest BCUT2D eigenvalue weighted by Crippen LogP contribution is 2.43. The van der Waals surface area contributed by atoms with E-state index in [0.29, 0.717) is 30.3 Å². The van der Waals surface area contributed by atoms with E-state index in [9.17, 15) is 4.79 Å². The summed E-state index contributed by atoms with van der Waals surface area (Å²) in [5, 5.41) is 0.724. The number of fused-ring (bicyclic) bond motifs is 1. The fourth-order valence-corrected chi connectivity index (χ4v) is 4.18. The first-order chi connectivity index (χ1) is 17.5. The molecule has 0 spiro atoms. The minimum atomic E-state index is -0.198. The van der Waals surface area contributed by atoms with Gasteiger partial charge in [-0.05, 0) is 44.6 Å². The molecule has 0 bridgehead atoms. The van der Waals surface area contributed by atoms with E-state index >= 15 is 0 Å². The van der Waals surface area contributed by atoms with Crippen LogP contribution in [0.5, 0.6) is 11.6 Å². The van der Waals surface area contributed by atoms with Crippen molar-refractivity contribution in [2.45, 2.75) is 25.9 Å². The van der Waals surface area contributed by atoms with Gasteiger partial charge in [-0.25, -0.2) is 9.97 Å². The molecule has 0 N–H and O–H groups in total. The maximum atomic E-state index is 11.4. The normalized spacial score (nSPS) is 12.0.